The Kier molecular flexibility index (Phi) is 4.76. The van der Waals surface area contributed by atoms with E-state index < -0.39 is 0 Å². The molecule has 1 heterocycles. The summed E-state index contributed by atoms with van der Waals surface area (Å²) >= 11 is 6.07. The van der Waals surface area contributed by atoms with Crippen LogP contribution in [0.2, 0.25) is 5.02 Å². The summed E-state index contributed by atoms with van der Waals surface area (Å²) in [5.41, 5.74) is 4.05. The summed E-state index contributed by atoms with van der Waals surface area (Å²) in [6.45, 7) is 2.01. The van der Waals surface area contributed by atoms with Crippen LogP contribution in [0.1, 0.15) is 15.9 Å². The van der Waals surface area contributed by atoms with Crippen LogP contribution < -0.4 is 10.2 Å². The number of carbonyl (C=O) groups excluding carboxylic acids is 1. The zero-order valence-corrected chi connectivity index (χ0v) is 15.1. The zero-order chi connectivity index (χ0) is 18.0. The number of benzene rings is 2. The molecule has 0 radical (unpaired) electrons. The Balaban J connectivity index is 1.86. The van der Waals surface area contributed by atoms with Gasteiger partial charge in [-0.15, -0.1) is 0 Å². The van der Waals surface area contributed by atoms with Crippen molar-refractivity contribution in [3.63, 3.8) is 0 Å². The quantitative estimate of drug-likeness (QED) is 0.765. The van der Waals surface area contributed by atoms with E-state index in [2.05, 4.69) is 10.4 Å². The Hall–Kier alpha value is -2.79. The molecule has 0 spiro atoms. The highest BCUT2D eigenvalue weighted by Gasteiger charge is 2.14. The fourth-order valence-electron chi connectivity index (χ4n) is 2.59. The molecule has 0 fully saturated rings. The molecule has 1 amide bonds. The molecule has 25 heavy (non-hydrogen) atoms. The molecule has 0 bridgehead atoms. The molecule has 0 saturated carbocycles. The van der Waals surface area contributed by atoms with Gasteiger partial charge in [0.05, 0.1) is 28.8 Å². The van der Waals surface area contributed by atoms with Crippen molar-refractivity contribution in [1.82, 2.24) is 9.78 Å². The number of hydrogen-bond donors (Lipinski definition) is 1. The van der Waals surface area contributed by atoms with Gasteiger partial charge in [-0.05, 0) is 36.8 Å². The van der Waals surface area contributed by atoms with Gasteiger partial charge in [-0.25, -0.2) is 4.68 Å². The number of anilines is 2. The van der Waals surface area contributed by atoms with E-state index in [-0.39, 0.29) is 5.91 Å². The van der Waals surface area contributed by atoms with Crippen LogP contribution in [-0.4, -0.2) is 29.8 Å². The summed E-state index contributed by atoms with van der Waals surface area (Å²) in [5, 5.41) is 7.78. The van der Waals surface area contributed by atoms with Gasteiger partial charge in [-0.2, -0.15) is 5.10 Å². The van der Waals surface area contributed by atoms with Gasteiger partial charge in [-0.1, -0.05) is 29.8 Å². The molecule has 0 aliphatic rings. The van der Waals surface area contributed by atoms with Crippen molar-refractivity contribution < 1.29 is 4.79 Å². The molecule has 3 aromatic rings. The van der Waals surface area contributed by atoms with Crippen molar-refractivity contribution >= 4 is 28.9 Å². The van der Waals surface area contributed by atoms with E-state index in [0.717, 1.165) is 16.9 Å². The lowest BCUT2D eigenvalue weighted by Gasteiger charge is -2.18. The monoisotopic (exact) mass is 354 g/mol. The number of aryl methyl sites for hydroxylation is 1. The van der Waals surface area contributed by atoms with Crippen LogP contribution >= 0.6 is 11.6 Å². The SMILES string of the molecule is Cc1ccccc1-n1cc(C(=O)Nc2cc(Cl)ccc2N(C)C)cn1. The van der Waals surface area contributed by atoms with Crippen LogP contribution in [0.4, 0.5) is 11.4 Å². The first-order chi connectivity index (χ1) is 12.0. The summed E-state index contributed by atoms with van der Waals surface area (Å²) in [6.07, 6.45) is 3.28. The van der Waals surface area contributed by atoms with Gasteiger partial charge < -0.3 is 10.2 Å². The van der Waals surface area contributed by atoms with Crippen molar-refractivity contribution in [3.05, 3.63) is 71.0 Å². The molecule has 0 aliphatic carbocycles. The predicted molar refractivity (Wildman–Crippen MR) is 102 cm³/mol. The molecular formula is C19H19ClN4O. The molecule has 6 heteroatoms. The molecule has 0 atom stereocenters. The summed E-state index contributed by atoms with van der Waals surface area (Å²) in [5.74, 6) is -0.231. The topological polar surface area (TPSA) is 50.2 Å². The maximum absolute atomic E-state index is 12.6. The maximum Gasteiger partial charge on any atom is 0.258 e. The number of aromatic nitrogens is 2. The van der Waals surface area contributed by atoms with E-state index >= 15 is 0 Å². The minimum absolute atomic E-state index is 0.231. The minimum atomic E-state index is -0.231. The second-order valence-electron chi connectivity index (χ2n) is 5.97. The van der Waals surface area contributed by atoms with E-state index in [1.807, 2.05) is 56.3 Å². The third-order valence-electron chi connectivity index (χ3n) is 3.90. The van der Waals surface area contributed by atoms with Gasteiger partial charge in [0.15, 0.2) is 0 Å². The average Bonchev–Trinajstić information content (AvgIpc) is 3.05. The summed E-state index contributed by atoms with van der Waals surface area (Å²) in [7, 11) is 3.82. The lowest BCUT2D eigenvalue weighted by Crippen LogP contribution is -2.16. The number of amides is 1. The first-order valence-corrected chi connectivity index (χ1v) is 8.22. The number of nitrogens with one attached hydrogen (secondary N) is 1. The molecule has 128 valence electrons. The number of para-hydroxylation sites is 1. The van der Waals surface area contributed by atoms with Crippen LogP contribution in [0.25, 0.3) is 5.69 Å². The van der Waals surface area contributed by atoms with Crippen LogP contribution in [0.5, 0.6) is 0 Å². The molecular weight excluding hydrogens is 336 g/mol. The molecule has 0 unspecified atom stereocenters. The normalized spacial score (nSPS) is 10.6. The highest BCUT2D eigenvalue weighted by molar-refractivity contribution is 6.31. The third-order valence-corrected chi connectivity index (χ3v) is 4.13. The maximum atomic E-state index is 12.6. The van der Waals surface area contributed by atoms with Crippen molar-refractivity contribution in [3.8, 4) is 5.69 Å². The average molecular weight is 355 g/mol. The van der Waals surface area contributed by atoms with Crippen molar-refractivity contribution in [2.24, 2.45) is 0 Å². The van der Waals surface area contributed by atoms with Gasteiger partial charge in [0, 0.05) is 25.3 Å². The number of hydrogen-bond acceptors (Lipinski definition) is 3. The fraction of sp³-hybridized carbons (Fsp3) is 0.158. The smallest absolute Gasteiger partial charge is 0.258 e. The minimum Gasteiger partial charge on any atom is -0.376 e. The molecule has 0 saturated heterocycles. The Bertz CT molecular complexity index is 917. The largest absolute Gasteiger partial charge is 0.376 e. The summed E-state index contributed by atoms with van der Waals surface area (Å²) in [6, 6.07) is 13.3. The molecule has 0 aliphatic heterocycles. The number of nitrogens with zero attached hydrogens (tertiary/aromatic N) is 3. The highest BCUT2D eigenvalue weighted by atomic mass is 35.5. The molecule has 1 N–H and O–H groups in total. The molecule has 1 aromatic heterocycles. The third kappa shape index (κ3) is 3.67. The number of halogens is 1. The summed E-state index contributed by atoms with van der Waals surface area (Å²) < 4.78 is 1.70. The Labute approximate surface area is 151 Å². The first-order valence-electron chi connectivity index (χ1n) is 7.84. The molecule has 2 aromatic carbocycles. The van der Waals surface area contributed by atoms with Gasteiger partial charge in [0.2, 0.25) is 0 Å². The van der Waals surface area contributed by atoms with E-state index in [1.165, 1.54) is 0 Å². The van der Waals surface area contributed by atoms with Crippen LogP contribution in [0.15, 0.2) is 54.9 Å². The predicted octanol–water partition coefficient (Wildman–Crippen LogP) is 4.15. The Morgan fingerprint density at radius 1 is 1.20 bits per heavy atom. The van der Waals surface area contributed by atoms with Gasteiger partial charge >= 0.3 is 0 Å². The Morgan fingerprint density at radius 2 is 1.96 bits per heavy atom. The first kappa shape index (κ1) is 17.0. The van der Waals surface area contributed by atoms with Crippen molar-refractivity contribution in [2.75, 3.05) is 24.3 Å². The van der Waals surface area contributed by atoms with Gasteiger partial charge in [0.25, 0.3) is 5.91 Å². The van der Waals surface area contributed by atoms with Gasteiger partial charge in [-0.3, -0.25) is 4.79 Å². The Morgan fingerprint density at radius 3 is 2.68 bits per heavy atom. The summed E-state index contributed by atoms with van der Waals surface area (Å²) in [4.78, 5) is 14.5. The van der Waals surface area contributed by atoms with E-state index in [1.54, 1.807) is 29.2 Å². The fourth-order valence-corrected chi connectivity index (χ4v) is 2.76. The number of rotatable bonds is 4. The van der Waals surface area contributed by atoms with Crippen molar-refractivity contribution in [1.29, 1.82) is 0 Å². The number of carbonyl (C=O) groups is 1. The van der Waals surface area contributed by atoms with Crippen molar-refractivity contribution in [2.45, 2.75) is 6.92 Å². The lowest BCUT2D eigenvalue weighted by molar-refractivity contribution is 0.102. The zero-order valence-electron chi connectivity index (χ0n) is 14.3. The van der Waals surface area contributed by atoms with Gasteiger partial charge in [0.1, 0.15) is 0 Å². The second-order valence-corrected chi connectivity index (χ2v) is 6.41. The van der Waals surface area contributed by atoms with E-state index in [9.17, 15) is 4.79 Å². The van der Waals surface area contributed by atoms with E-state index in [0.29, 0.717) is 16.3 Å². The molecule has 5 nitrogen and oxygen atoms in total. The second kappa shape index (κ2) is 6.99. The standard InChI is InChI=1S/C19H19ClN4O/c1-13-6-4-5-7-17(13)24-12-14(11-21-24)19(25)22-16-10-15(20)8-9-18(16)23(2)3/h4-12H,1-3H3,(H,22,25). The van der Waals surface area contributed by atoms with Crippen LogP contribution in [0, 0.1) is 6.92 Å². The van der Waals surface area contributed by atoms with Crippen LogP contribution in [0.3, 0.4) is 0 Å². The highest BCUT2D eigenvalue weighted by Crippen LogP contribution is 2.28. The van der Waals surface area contributed by atoms with E-state index in [4.69, 9.17) is 11.6 Å². The molecule has 3 rings (SSSR count). The van der Waals surface area contributed by atoms with Crippen LogP contribution in [-0.2, 0) is 0 Å². The lowest BCUT2D eigenvalue weighted by atomic mass is 10.2.